The first-order valence-corrected chi connectivity index (χ1v) is 7.97. The molecule has 0 aliphatic carbocycles. The van der Waals surface area contributed by atoms with Gasteiger partial charge in [-0.1, -0.05) is 12.1 Å². The van der Waals surface area contributed by atoms with Crippen LogP contribution < -0.4 is 14.8 Å². The number of benzene rings is 2. The van der Waals surface area contributed by atoms with E-state index in [1.54, 1.807) is 26.4 Å². The molecule has 0 bridgehead atoms. The van der Waals surface area contributed by atoms with Crippen LogP contribution in [0.25, 0.3) is 0 Å². The summed E-state index contributed by atoms with van der Waals surface area (Å²) in [5.74, 6) is 0.111. The van der Waals surface area contributed by atoms with Crippen LogP contribution in [-0.4, -0.2) is 20.1 Å². The number of methoxy groups -OCH3 is 2. The molecular formula is C20H22N2O3. The number of amides is 1. The second-order valence-electron chi connectivity index (χ2n) is 5.85. The number of aryl methyl sites for hydroxylation is 2. The van der Waals surface area contributed by atoms with Gasteiger partial charge < -0.3 is 14.8 Å². The van der Waals surface area contributed by atoms with E-state index < -0.39 is 5.92 Å². The third kappa shape index (κ3) is 4.51. The summed E-state index contributed by atoms with van der Waals surface area (Å²) in [6.45, 7) is 3.99. The molecule has 0 aliphatic heterocycles. The minimum absolute atomic E-state index is 0.264. The van der Waals surface area contributed by atoms with Gasteiger partial charge in [0, 0.05) is 18.2 Å². The van der Waals surface area contributed by atoms with E-state index in [1.807, 2.05) is 38.1 Å². The average molecular weight is 338 g/mol. The molecule has 0 saturated carbocycles. The molecule has 0 aliphatic rings. The summed E-state index contributed by atoms with van der Waals surface area (Å²) in [6.07, 6.45) is 0.264. The molecule has 0 unspecified atom stereocenters. The number of nitrogens with one attached hydrogen (secondary N) is 1. The van der Waals surface area contributed by atoms with Crippen LogP contribution in [0.5, 0.6) is 11.5 Å². The fourth-order valence-corrected chi connectivity index (χ4v) is 2.49. The predicted octanol–water partition coefficient (Wildman–Crippen LogP) is 3.64. The summed E-state index contributed by atoms with van der Waals surface area (Å²) in [7, 11) is 3.12. The molecule has 1 amide bonds. The second-order valence-corrected chi connectivity index (χ2v) is 5.85. The van der Waals surface area contributed by atoms with Crippen molar-refractivity contribution in [3.63, 3.8) is 0 Å². The number of hydrogen-bond acceptors (Lipinski definition) is 4. The Morgan fingerprint density at radius 2 is 1.88 bits per heavy atom. The Kier molecular flexibility index (Phi) is 6.02. The largest absolute Gasteiger partial charge is 0.497 e. The van der Waals surface area contributed by atoms with Gasteiger partial charge in [-0.15, -0.1) is 0 Å². The topological polar surface area (TPSA) is 71.3 Å². The monoisotopic (exact) mass is 338 g/mol. The van der Waals surface area contributed by atoms with Crippen LogP contribution in [0.3, 0.4) is 0 Å². The van der Waals surface area contributed by atoms with Gasteiger partial charge >= 0.3 is 0 Å². The van der Waals surface area contributed by atoms with Gasteiger partial charge in [-0.2, -0.15) is 5.26 Å². The lowest BCUT2D eigenvalue weighted by Crippen LogP contribution is -2.23. The highest BCUT2D eigenvalue weighted by atomic mass is 16.5. The summed E-state index contributed by atoms with van der Waals surface area (Å²) in [5, 5.41) is 12.2. The Hall–Kier alpha value is -3.00. The van der Waals surface area contributed by atoms with Crippen molar-refractivity contribution in [1.29, 1.82) is 5.26 Å². The Morgan fingerprint density at radius 1 is 1.12 bits per heavy atom. The molecule has 1 N–H and O–H groups in total. The van der Waals surface area contributed by atoms with Gasteiger partial charge in [0.2, 0.25) is 5.91 Å². The number of rotatable bonds is 6. The van der Waals surface area contributed by atoms with E-state index in [1.165, 1.54) is 0 Å². The van der Waals surface area contributed by atoms with Gasteiger partial charge in [-0.05, 0) is 48.7 Å². The molecule has 1 atom stereocenters. The number of carbonyl (C=O) groups is 1. The van der Waals surface area contributed by atoms with Crippen LogP contribution in [0.1, 0.15) is 16.7 Å². The summed E-state index contributed by atoms with van der Waals surface area (Å²) in [6, 6.07) is 13.1. The van der Waals surface area contributed by atoms with Crippen LogP contribution in [0, 0.1) is 31.1 Å². The zero-order valence-electron chi connectivity index (χ0n) is 14.9. The maximum Gasteiger partial charge on any atom is 0.242 e. The highest BCUT2D eigenvalue weighted by Gasteiger charge is 2.21. The lowest BCUT2D eigenvalue weighted by Gasteiger charge is -2.14. The van der Waals surface area contributed by atoms with Crippen molar-refractivity contribution < 1.29 is 14.3 Å². The molecule has 2 aromatic rings. The maximum atomic E-state index is 12.5. The number of nitriles is 1. The van der Waals surface area contributed by atoms with Crippen LogP contribution in [0.15, 0.2) is 36.4 Å². The fourth-order valence-electron chi connectivity index (χ4n) is 2.49. The zero-order valence-corrected chi connectivity index (χ0v) is 14.9. The Balaban J connectivity index is 2.15. The molecule has 0 heterocycles. The molecule has 25 heavy (non-hydrogen) atoms. The number of carbonyl (C=O) groups excluding carboxylic acids is 1. The summed E-state index contributed by atoms with van der Waals surface area (Å²) in [5.41, 5.74) is 3.71. The third-order valence-electron chi connectivity index (χ3n) is 4.17. The summed E-state index contributed by atoms with van der Waals surface area (Å²) >= 11 is 0. The van der Waals surface area contributed by atoms with Crippen molar-refractivity contribution in [2.24, 2.45) is 5.92 Å². The van der Waals surface area contributed by atoms with Crippen molar-refractivity contribution in [3.8, 4) is 17.6 Å². The highest BCUT2D eigenvalue weighted by Crippen LogP contribution is 2.27. The van der Waals surface area contributed by atoms with Crippen molar-refractivity contribution >= 4 is 11.6 Å². The van der Waals surface area contributed by atoms with Gasteiger partial charge in [0.05, 0.1) is 20.3 Å². The van der Waals surface area contributed by atoms with Gasteiger partial charge in [0.15, 0.2) is 0 Å². The normalized spacial score (nSPS) is 11.3. The lowest BCUT2D eigenvalue weighted by molar-refractivity contribution is -0.118. The van der Waals surface area contributed by atoms with Crippen molar-refractivity contribution in [2.75, 3.05) is 19.5 Å². The number of ether oxygens (including phenoxy) is 2. The molecule has 0 aromatic heterocycles. The molecule has 0 saturated heterocycles. The van der Waals surface area contributed by atoms with E-state index in [-0.39, 0.29) is 12.3 Å². The number of anilines is 1. The van der Waals surface area contributed by atoms with E-state index >= 15 is 0 Å². The first kappa shape index (κ1) is 18.3. The molecule has 2 aromatic carbocycles. The van der Waals surface area contributed by atoms with Crippen LogP contribution in [0.4, 0.5) is 5.69 Å². The standard InChI is InChI=1S/C20H22N2O3/c1-13-5-7-17(9-14(13)2)22-20(23)16(12-21)10-15-6-8-18(24-3)11-19(15)25-4/h5-9,11,16H,10H2,1-4H3,(H,22,23)/t16-/m1/s1. The third-order valence-corrected chi connectivity index (χ3v) is 4.17. The smallest absolute Gasteiger partial charge is 0.242 e. The molecule has 5 nitrogen and oxygen atoms in total. The van der Waals surface area contributed by atoms with Crippen LogP contribution in [0.2, 0.25) is 0 Å². The van der Waals surface area contributed by atoms with Gasteiger partial charge in [-0.25, -0.2) is 0 Å². The lowest BCUT2D eigenvalue weighted by atomic mass is 9.98. The summed E-state index contributed by atoms with van der Waals surface area (Å²) < 4.78 is 10.5. The van der Waals surface area contributed by atoms with E-state index in [9.17, 15) is 10.1 Å². The van der Waals surface area contributed by atoms with Gasteiger partial charge in [-0.3, -0.25) is 4.79 Å². The van der Waals surface area contributed by atoms with Crippen molar-refractivity contribution in [2.45, 2.75) is 20.3 Å². The van der Waals surface area contributed by atoms with E-state index in [0.717, 1.165) is 16.7 Å². The first-order valence-electron chi connectivity index (χ1n) is 7.97. The average Bonchev–Trinajstić information content (AvgIpc) is 2.62. The van der Waals surface area contributed by atoms with E-state index in [0.29, 0.717) is 17.2 Å². The molecule has 2 rings (SSSR count). The predicted molar refractivity (Wildman–Crippen MR) is 96.9 cm³/mol. The van der Waals surface area contributed by atoms with Crippen molar-refractivity contribution in [1.82, 2.24) is 0 Å². The minimum atomic E-state index is -0.816. The molecule has 5 heteroatoms. The first-order chi connectivity index (χ1) is 12.0. The van der Waals surface area contributed by atoms with Crippen LogP contribution in [-0.2, 0) is 11.2 Å². The molecule has 0 fully saturated rings. The minimum Gasteiger partial charge on any atom is -0.497 e. The van der Waals surface area contributed by atoms with Crippen LogP contribution >= 0.6 is 0 Å². The number of nitrogens with zero attached hydrogens (tertiary/aromatic N) is 1. The highest BCUT2D eigenvalue weighted by molar-refractivity contribution is 5.94. The maximum absolute atomic E-state index is 12.5. The van der Waals surface area contributed by atoms with Crippen molar-refractivity contribution in [3.05, 3.63) is 53.1 Å². The molecule has 0 spiro atoms. The molecular weight excluding hydrogens is 316 g/mol. The SMILES string of the molecule is COc1ccc(C[C@H](C#N)C(=O)Nc2ccc(C)c(C)c2)c(OC)c1. The Morgan fingerprint density at radius 3 is 2.48 bits per heavy atom. The van der Waals surface area contributed by atoms with Gasteiger partial charge in [0.25, 0.3) is 0 Å². The number of hydrogen-bond donors (Lipinski definition) is 1. The Labute approximate surface area is 148 Å². The molecule has 130 valence electrons. The second kappa shape index (κ2) is 8.20. The fraction of sp³-hybridized carbons (Fsp3) is 0.300. The quantitative estimate of drug-likeness (QED) is 0.873. The summed E-state index contributed by atoms with van der Waals surface area (Å²) in [4.78, 5) is 12.5. The zero-order chi connectivity index (χ0) is 18.4. The Bertz CT molecular complexity index is 809. The van der Waals surface area contributed by atoms with E-state index in [2.05, 4.69) is 11.4 Å². The van der Waals surface area contributed by atoms with E-state index in [4.69, 9.17) is 9.47 Å². The van der Waals surface area contributed by atoms with Gasteiger partial charge in [0.1, 0.15) is 17.4 Å². The molecule has 0 radical (unpaired) electrons.